The molecule has 0 radical (unpaired) electrons. The monoisotopic (exact) mass is 429 g/mol. The first kappa shape index (κ1) is 21.0. The van der Waals surface area contributed by atoms with Crippen molar-refractivity contribution in [1.29, 1.82) is 0 Å². The molecular formula is C22H31N5O2S. The molecule has 4 unspecified atom stereocenters. The molecule has 1 saturated carbocycles. The molecule has 4 rings (SSSR count). The van der Waals surface area contributed by atoms with Crippen molar-refractivity contribution in [2.45, 2.75) is 40.2 Å². The normalized spacial score (nSPS) is 27.5. The number of aliphatic imine (C=N–C) groups is 1. The Morgan fingerprint density at radius 3 is 2.57 bits per heavy atom. The van der Waals surface area contributed by atoms with E-state index >= 15 is 0 Å². The Labute approximate surface area is 182 Å². The molecule has 0 spiro atoms. The highest BCUT2D eigenvalue weighted by Crippen LogP contribution is 2.52. The topological polar surface area (TPSA) is 86.7 Å². The highest BCUT2D eigenvalue weighted by Gasteiger charge is 2.58. The molecule has 7 nitrogen and oxygen atoms in total. The van der Waals surface area contributed by atoms with Crippen molar-refractivity contribution in [3.63, 3.8) is 0 Å². The number of rotatable bonds is 8. The van der Waals surface area contributed by atoms with Gasteiger partial charge in [0.2, 0.25) is 11.8 Å². The third-order valence-corrected chi connectivity index (χ3v) is 7.12. The zero-order valence-electron chi connectivity index (χ0n) is 17.9. The van der Waals surface area contributed by atoms with Crippen molar-refractivity contribution in [2.75, 3.05) is 19.6 Å². The van der Waals surface area contributed by atoms with Gasteiger partial charge in [-0.15, -0.1) is 11.3 Å². The summed E-state index contributed by atoms with van der Waals surface area (Å²) in [5.41, 5.74) is 0. The number of aromatic nitrogens is 1. The number of allylic oxidation sites excluding steroid dienone is 2. The predicted molar refractivity (Wildman–Crippen MR) is 118 cm³/mol. The molecule has 2 N–H and O–H groups in total. The molecule has 1 aliphatic heterocycles. The molecule has 8 heteroatoms. The van der Waals surface area contributed by atoms with E-state index in [1.807, 2.05) is 13.1 Å². The first-order chi connectivity index (χ1) is 14.5. The van der Waals surface area contributed by atoms with Gasteiger partial charge in [-0.25, -0.2) is 9.98 Å². The van der Waals surface area contributed by atoms with Crippen molar-refractivity contribution in [2.24, 2.45) is 34.6 Å². The second kappa shape index (κ2) is 8.88. The van der Waals surface area contributed by atoms with Gasteiger partial charge < -0.3 is 10.6 Å². The summed E-state index contributed by atoms with van der Waals surface area (Å²) in [4.78, 5) is 37.2. The fraction of sp³-hybridized carbons (Fsp3) is 0.636. The zero-order valence-corrected chi connectivity index (χ0v) is 18.7. The second-order valence-corrected chi connectivity index (χ2v) is 9.97. The van der Waals surface area contributed by atoms with Gasteiger partial charge in [-0.3, -0.25) is 14.5 Å². The third kappa shape index (κ3) is 4.15. The van der Waals surface area contributed by atoms with Gasteiger partial charge in [-0.05, 0) is 31.1 Å². The van der Waals surface area contributed by atoms with E-state index in [1.54, 1.807) is 11.3 Å². The number of nitrogens with one attached hydrogen (secondary N) is 2. The number of likely N-dealkylation sites (tertiary alicyclic amines) is 1. The van der Waals surface area contributed by atoms with Gasteiger partial charge in [-0.1, -0.05) is 26.0 Å². The molecule has 30 heavy (non-hydrogen) atoms. The van der Waals surface area contributed by atoms with Crippen molar-refractivity contribution >= 4 is 29.1 Å². The van der Waals surface area contributed by atoms with Crippen molar-refractivity contribution < 1.29 is 9.59 Å². The molecule has 162 valence electrons. The van der Waals surface area contributed by atoms with Crippen LogP contribution in [-0.2, 0) is 22.6 Å². The van der Waals surface area contributed by atoms with E-state index in [9.17, 15) is 9.59 Å². The maximum absolute atomic E-state index is 12.8. The van der Waals surface area contributed by atoms with E-state index in [0.29, 0.717) is 31.5 Å². The molecule has 2 aliphatic carbocycles. The molecule has 1 aromatic rings. The van der Waals surface area contributed by atoms with Gasteiger partial charge >= 0.3 is 0 Å². The average Bonchev–Trinajstić information content (AvgIpc) is 3.46. The SMILES string of the molecule is CCNC(=NCc1cnc(CC(C)C)s1)NCCN1C(=O)C2C3C=CC(C3)C2C1=O. The number of carbonyl (C=O) groups excluding carboxylic acids is 2. The zero-order chi connectivity index (χ0) is 21.3. The quantitative estimate of drug-likeness (QED) is 0.286. The maximum Gasteiger partial charge on any atom is 0.233 e. The lowest BCUT2D eigenvalue weighted by Crippen LogP contribution is -2.43. The minimum atomic E-state index is -0.124. The lowest BCUT2D eigenvalue weighted by Gasteiger charge is -2.18. The summed E-state index contributed by atoms with van der Waals surface area (Å²) in [5, 5.41) is 7.64. The molecule has 0 aromatic carbocycles. The summed E-state index contributed by atoms with van der Waals surface area (Å²) in [6.45, 7) is 8.58. The molecule has 2 bridgehead atoms. The molecular weight excluding hydrogens is 398 g/mol. The summed E-state index contributed by atoms with van der Waals surface area (Å²) in [5.74, 6) is 1.56. The van der Waals surface area contributed by atoms with Gasteiger partial charge in [0.25, 0.3) is 0 Å². The van der Waals surface area contributed by atoms with Gasteiger partial charge in [0, 0.05) is 37.1 Å². The Balaban J connectivity index is 1.30. The van der Waals surface area contributed by atoms with Crippen LogP contribution in [-0.4, -0.2) is 47.3 Å². The van der Waals surface area contributed by atoms with Crippen LogP contribution in [0.5, 0.6) is 0 Å². The number of imide groups is 1. The Morgan fingerprint density at radius 1 is 1.23 bits per heavy atom. The van der Waals surface area contributed by atoms with Crippen LogP contribution in [0.4, 0.5) is 0 Å². The molecule has 4 atom stereocenters. The molecule has 3 aliphatic rings. The Bertz CT molecular complexity index is 831. The summed E-state index contributed by atoms with van der Waals surface area (Å²) >= 11 is 1.70. The van der Waals surface area contributed by atoms with Crippen LogP contribution in [0.3, 0.4) is 0 Å². The van der Waals surface area contributed by atoms with Crippen molar-refractivity contribution in [3.05, 3.63) is 28.2 Å². The number of carbonyl (C=O) groups is 2. The van der Waals surface area contributed by atoms with Crippen molar-refractivity contribution in [1.82, 2.24) is 20.5 Å². The van der Waals surface area contributed by atoms with E-state index in [-0.39, 0.29) is 35.5 Å². The highest BCUT2D eigenvalue weighted by atomic mass is 32.1. The number of nitrogens with zero attached hydrogens (tertiary/aromatic N) is 3. The fourth-order valence-electron chi connectivity index (χ4n) is 4.83. The molecule has 2 fully saturated rings. The Morgan fingerprint density at radius 2 is 1.93 bits per heavy atom. The first-order valence-electron chi connectivity index (χ1n) is 11.0. The van der Waals surface area contributed by atoms with E-state index < -0.39 is 0 Å². The summed E-state index contributed by atoms with van der Waals surface area (Å²) < 4.78 is 0. The third-order valence-electron chi connectivity index (χ3n) is 6.11. The van der Waals surface area contributed by atoms with Crippen LogP contribution in [0.25, 0.3) is 0 Å². The summed E-state index contributed by atoms with van der Waals surface area (Å²) in [6, 6.07) is 0. The highest BCUT2D eigenvalue weighted by molar-refractivity contribution is 7.11. The van der Waals surface area contributed by atoms with E-state index in [1.165, 1.54) is 4.90 Å². The van der Waals surface area contributed by atoms with E-state index in [4.69, 9.17) is 0 Å². The lowest BCUT2D eigenvalue weighted by atomic mass is 9.85. The van der Waals surface area contributed by atoms with Crippen molar-refractivity contribution in [3.8, 4) is 0 Å². The Hall–Kier alpha value is -2.22. The van der Waals surface area contributed by atoms with Crippen LogP contribution >= 0.6 is 11.3 Å². The Kier molecular flexibility index (Phi) is 6.22. The summed E-state index contributed by atoms with van der Waals surface area (Å²) in [7, 11) is 0. The van der Waals surface area contributed by atoms with Gasteiger partial charge in [0.05, 0.1) is 23.4 Å². The summed E-state index contributed by atoms with van der Waals surface area (Å²) in [6.07, 6.45) is 8.11. The maximum atomic E-state index is 12.8. The second-order valence-electron chi connectivity index (χ2n) is 8.77. The number of thiazole rings is 1. The minimum absolute atomic E-state index is 0.00734. The number of amides is 2. The van der Waals surface area contributed by atoms with E-state index in [2.05, 4.69) is 46.6 Å². The van der Waals surface area contributed by atoms with Crippen LogP contribution in [0, 0.1) is 29.6 Å². The lowest BCUT2D eigenvalue weighted by molar-refractivity contribution is -0.140. The van der Waals surface area contributed by atoms with Crippen LogP contribution in [0.1, 0.15) is 37.1 Å². The van der Waals surface area contributed by atoms with Gasteiger partial charge in [0.1, 0.15) is 0 Å². The van der Waals surface area contributed by atoms with Crippen LogP contribution < -0.4 is 10.6 Å². The van der Waals surface area contributed by atoms with Gasteiger partial charge in [0.15, 0.2) is 5.96 Å². The first-order valence-corrected chi connectivity index (χ1v) is 11.8. The average molecular weight is 430 g/mol. The smallest absolute Gasteiger partial charge is 0.233 e. The number of hydrogen-bond donors (Lipinski definition) is 2. The molecule has 2 amide bonds. The minimum Gasteiger partial charge on any atom is -0.357 e. The number of hydrogen-bond acceptors (Lipinski definition) is 5. The molecule has 1 aromatic heterocycles. The predicted octanol–water partition coefficient (Wildman–Crippen LogP) is 2.20. The number of guanidine groups is 1. The van der Waals surface area contributed by atoms with Crippen LogP contribution in [0.15, 0.2) is 23.3 Å². The fourth-order valence-corrected chi connectivity index (χ4v) is 5.89. The van der Waals surface area contributed by atoms with E-state index in [0.717, 1.165) is 29.3 Å². The number of fused-ring (bicyclic) bond motifs is 5. The standard InChI is InChI=1S/C22H31N5O2S/c1-4-23-22(26-12-16-11-25-17(30-16)9-13(2)3)24-7-8-27-20(28)18-14-5-6-15(10-14)19(18)21(27)29/h5-6,11,13-15,18-19H,4,7-10,12H2,1-3H3,(H2,23,24,26). The van der Waals surface area contributed by atoms with Gasteiger partial charge in [-0.2, -0.15) is 0 Å². The van der Waals surface area contributed by atoms with Crippen LogP contribution in [0.2, 0.25) is 0 Å². The largest absolute Gasteiger partial charge is 0.357 e. The molecule has 2 heterocycles. The molecule has 1 saturated heterocycles.